The summed E-state index contributed by atoms with van der Waals surface area (Å²) in [4.78, 5) is 11.5. The minimum atomic E-state index is -0.606. The molecule has 0 unspecified atom stereocenters. The van der Waals surface area contributed by atoms with Gasteiger partial charge in [-0.15, -0.1) is 0 Å². The maximum Gasteiger partial charge on any atom is 0.335 e. The molecule has 0 amide bonds. The van der Waals surface area contributed by atoms with Crippen LogP contribution in [0.4, 0.5) is 0 Å². The van der Waals surface area contributed by atoms with Crippen molar-refractivity contribution in [1.29, 1.82) is 0 Å². The SMILES string of the molecule is C=CC(=O)Oc1cc(O)c(O)c(C(C)(C)C)c1C(C)(C)C. The molecule has 0 saturated carbocycles. The average molecular weight is 292 g/mol. The minimum Gasteiger partial charge on any atom is -0.504 e. The highest BCUT2D eigenvalue weighted by Crippen LogP contribution is 2.48. The Kier molecular flexibility index (Phi) is 4.42. The molecule has 0 radical (unpaired) electrons. The predicted molar refractivity (Wildman–Crippen MR) is 83.0 cm³/mol. The normalized spacial score (nSPS) is 12.1. The van der Waals surface area contributed by atoms with Crippen LogP contribution in [0.15, 0.2) is 18.7 Å². The first-order valence-electron chi connectivity index (χ1n) is 6.83. The van der Waals surface area contributed by atoms with Crippen LogP contribution in [-0.4, -0.2) is 16.2 Å². The van der Waals surface area contributed by atoms with Gasteiger partial charge in [0.25, 0.3) is 0 Å². The molecule has 0 atom stereocenters. The molecule has 4 nitrogen and oxygen atoms in total. The number of carbonyl (C=O) groups is 1. The van der Waals surface area contributed by atoms with Gasteiger partial charge in [-0.3, -0.25) is 0 Å². The second kappa shape index (κ2) is 5.43. The Morgan fingerprint density at radius 1 is 1.10 bits per heavy atom. The first kappa shape index (κ1) is 17.1. The van der Waals surface area contributed by atoms with Gasteiger partial charge in [-0.1, -0.05) is 48.1 Å². The molecule has 0 aliphatic rings. The molecule has 0 aliphatic heterocycles. The first-order valence-corrected chi connectivity index (χ1v) is 6.83. The van der Waals surface area contributed by atoms with Gasteiger partial charge in [0.1, 0.15) is 5.75 Å². The van der Waals surface area contributed by atoms with Crippen LogP contribution < -0.4 is 4.74 Å². The van der Waals surface area contributed by atoms with Crippen LogP contribution in [0.1, 0.15) is 52.7 Å². The van der Waals surface area contributed by atoms with Crippen molar-refractivity contribution in [3.63, 3.8) is 0 Å². The van der Waals surface area contributed by atoms with Gasteiger partial charge in [-0.25, -0.2) is 4.79 Å². The van der Waals surface area contributed by atoms with E-state index in [-0.39, 0.29) is 22.7 Å². The van der Waals surface area contributed by atoms with E-state index in [4.69, 9.17) is 4.74 Å². The van der Waals surface area contributed by atoms with Crippen molar-refractivity contribution >= 4 is 5.97 Å². The highest BCUT2D eigenvalue weighted by molar-refractivity contribution is 5.84. The van der Waals surface area contributed by atoms with E-state index < -0.39 is 11.4 Å². The van der Waals surface area contributed by atoms with Gasteiger partial charge in [0.15, 0.2) is 11.5 Å². The fourth-order valence-electron chi connectivity index (χ4n) is 2.34. The van der Waals surface area contributed by atoms with Gasteiger partial charge >= 0.3 is 5.97 Å². The number of ether oxygens (including phenoxy) is 1. The lowest BCUT2D eigenvalue weighted by atomic mass is 9.74. The Morgan fingerprint density at radius 3 is 1.95 bits per heavy atom. The van der Waals surface area contributed by atoms with E-state index in [2.05, 4.69) is 6.58 Å². The van der Waals surface area contributed by atoms with Crippen molar-refractivity contribution in [3.8, 4) is 17.2 Å². The third kappa shape index (κ3) is 3.57. The number of phenolic OH excluding ortho intramolecular Hbond substituents is 2. The molecule has 0 aromatic heterocycles. The quantitative estimate of drug-likeness (QED) is 0.377. The van der Waals surface area contributed by atoms with Crippen LogP contribution in [0.2, 0.25) is 0 Å². The zero-order chi connectivity index (χ0) is 16.6. The van der Waals surface area contributed by atoms with E-state index in [1.165, 1.54) is 6.07 Å². The number of phenols is 2. The number of benzene rings is 1. The van der Waals surface area contributed by atoms with Gasteiger partial charge in [0.05, 0.1) is 0 Å². The van der Waals surface area contributed by atoms with Gasteiger partial charge in [-0.2, -0.15) is 0 Å². The number of rotatable bonds is 2. The zero-order valence-electron chi connectivity index (χ0n) is 13.6. The van der Waals surface area contributed by atoms with E-state index in [0.717, 1.165) is 6.08 Å². The lowest BCUT2D eigenvalue weighted by molar-refractivity contribution is -0.129. The molecule has 4 heteroatoms. The summed E-state index contributed by atoms with van der Waals surface area (Å²) in [6, 6.07) is 1.27. The Hall–Kier alpha value is -1.97. The monoisotopic (exact) mass is 292 g/mol. The molecule has 1 rings (SSSR count). The minimum absolute atomic E-state index is 0.175. The maximum atomic E-state index is 11.5. The third-order valence-electron chi connectivity index (χ3n) is 3.12. The van der Waals surface area contributed by atoms with Crippen LogP contribution in [0, 0.1) is 0 Å². The highest BCUT2D eigenvalue weighted by atomic mass is 16.5. The van der Waals surface area contributed by atoms with Gasteiger partial charge in [0.2, 0.25) is 0 Å². The summed E-state index contributed by atoms with van der Waals surface area (Å²) in [6.45, 7) is 15.0. The molecule has 21 heavy (non-hydrogen) atoms. The smallest absolute Gasteiger partial charge is 0.335 e. The van der Waals surface area contributed by atoms with Crippen molar-refractivity contribution < 1.29 is 19.7 Å². The summed E-state index contributed by atoms with van der Waals surface area (Å²) in [5, 5.41) is 20.2. The van der Waals surface area contributed by atoms with E-state index in [1.807, 2.05) is 41.5 Å². The molecule has 0 bridgehead atoms. The number of esters is 1. The Labute approximate surface area is 126 Å². The lowest BCUT2D eigenvalue weighted by Gasteiger charge is -2.32. The second-order valence-electron chi connectivity index (χ2n) is 7.12. The van der Waals surface area contributed by atoms with E-state index >= 15 is 0 Å². The number of aromatic hydroxyl groups is 2. The molecule has 0 heterocycles. The number of hydrogen-bond donors (Lipinski definition) is 2. The summed E-state index contributed by atoms with van der Waals surface area (Å²) in [5.41, 5.74) is 0.452. The molecule has 1 aromatic carbocycles. The third-order valence-corrected chi connectivity index (χ3v) is 3.12. The lowest BCUT2D eigenvalue weighted by Crippen LogP contribution is -2.24. The Morgan fingerprint density at radius 2 is 1.57 bits per heavy atom. The van der Waals surface area contributed by atoms with Gasteiger partial charge < -0.3 is 14.9 Å². The number of hydrogen-bond acceptors (Lipinski definition) is 4. The molecule has 1 aromatic rings. The summed E-state index contributed by atoms with van der Waals surface area (Å²) < 4.78 is 5.26. The Balaban J connectivity index is 3.77. The van der Waals surface area contributed by atoms with Gasteiger partial charge in [-0.05, 0) is 10.8 Å². The van der Waals surface area contributed by atoms with Crippen LogP contribution >= 0.6 is 0 Å². The maximum absolute atomic E-state index is 11.5. The van der Waals surface area contributed by atoms with Crippen molar-refractivity contribution in [2.24, 2.45) is 0 Å². The van der Waals surface area contributed by atoms with Crippen molar-refractivity contribution in [3.05, 3.63) is 29.8 Å². The second-order valence-corrected chi connectivity index (χ2v) is 7.12. The summed E-state index contributed by atoms with van der Waals surface area (Å²) >= 11 is 0. The molecule has 0 aliphatic carbocycles. The van der Waals surface area contributed by atoms with Crippen molar-refractivity contribution in [1.82, 2.24) is 0 Å². The molecule has 0 fully saturated rings. The predicted octanol–water partition coefficient (Wildman–Crippen LogP) is 3.78. The largest absolute Gasteiger partial charge is 0.504 e. The van der Waals surface area contributed by atoms with Crippen molar-refractivity contribution in [2.75, 3.05) is 0 Å². The van der Waals surface area contributed by atoms with Crippen LogP contribution in [0.3, 0.4) is 0 Å². The summed E-state index contributed by atoms with van der Waals surface area (Å²) in [5.74, 6) is -0.844. The van der Waals surface area contributed by atoms with Gasteiger partial charge in [0, 0.05) is 23.3 Å². The average Bonchev–Trinajstić information content (AvgIpc) is 2.29. The zero-order valence-corrected chi connectivity index (χ0v) is 13.6. The van der Waals surface area contributed by atoms with Crippen LogP contribution in [-0.2, 0) is 15.6 Å². The molecule has 0 spiro atoms. The van der Waals surface area contributed by atoms with Crippen molar-refractivity contribution in [2.45, 2.75) is 52.4 Å². The fourth-order valence-corrected chi connectivity index (χ4v) is 2.34. The summed E-state index contributed by atoms with van der Waals surface area (Å²) in [7, 11) is 0. The molecule has 0 saturated heterocycles. The van der Waals surface area contributed by atoms with E-state index in [1.54, 1.807) is 0 Å². The topological polar surface area (TPSA) is 66.8 Å². The summed E-state index contributed by atoms with van der Waals surface area (Å²) in [6.07, 6.45) is 1.06. The van der Waals surface area contributed by atoms with E-state index in [9.17, 15) is 15.0 Å². The Bertz CT molecular complexity index is 572. The molecular weight excluding hydrogens is 268 g/mol. The standard InChI is InChI=1S/C17H24O4/c1-8-12(19)21-11-9-10(18)15(20)14(17(5,6)7)13(11)16(2,3)4/h8-9,18,20H,1H2,2-7H3. The van der Waals surface area contributed by atoms with Crippen LogP contribution in [0.5, 0.6) is 17.2 Å². The number of carbonyl (C=O) groups excluding carboxylic acids is 1. The highest BCUT2D eigenvalue weighted by Gasteiger charge is 2.33. The molecule has 116 valence electrons. The van der Waals surface area contributed by atoms with Crippen LogP contribution in [0.25, 0.3) is 0 Å². The molecular formula is C17H24O4. The first-order chi connectivity index (χ1) is 9.39. The molecule has 2 N–H and O–H groups in total. The van der Waals surface area contributed by atoms with E-state index in [0.29, 0.717) is 11.1 Å². The fraction of sp³-hybridized carbons (Fsp3) is 0.471.